The molecule has 0 radical (unpaired) electrons. The van der Waals surface area contributed by atoms with Crippen LogP contribution in [-0.2, 0) is 84.1 Å². The molecular weight excluding hydrogens is 1420 g/mol. The van der Waals surface area contributed by atoms with E-state index in [0.717, 1.165) is 36.1 Å². The molecule has 10 N–H and O–H groups in total. The Balaban J connectivity index is 0.593. The Morgan fingerprint density at radius 1 is 0.788 bits per heavy atom. The molecule has 0 spiro atoms. The Kier molecular flexibility index (Phi) is 25.4. The number of ketones is 3. The van der Waals surface area contributed by atoms with E-state index in [1.54, 1.807) is 69.3 Å². The molecule has 2 unspecified atom stereocenters. The number of H-pyrrole nitrogens is 2. The molecule has 3 aliphatic rings. The van der Waals surface area contributed by atoms with Gasteiger partial charge >= 0.3 is 20.3 Å². The summed E-state index contributed by atoms with van der Waals surface area (Å²) < 4.78 is 96.3. The minimum Gasteiger partial charge on any atom is -0.382 e. The van der Waals surface area contributed by atoms with Gasteiger partial charge in [0.25, 0.3) is 5.56 Å². The number of carbonyl (C=O) groups excluding carboxylic acids is 5. The summed E-state index contributed by atoms with van der Waals surface area (Å²) in [4.78, 5) is 137. The molecule has 8 aromatic rings. The Labute approximate surface area is 597 Å². The number of anilines is 3. The summed E-state index contributed by atoms with van der Waals surface area (Å²) in [6.45, 7) is 2.65. The van der Waals surface area contributed by atoms with E-state index in [1.165, 1.54) is 32.7 Å². The van der Waals surface area contributed by atoms with Gasteiger partial charge in [-0.2, -0.15) is 9.97 Å². The number of Topliss-reactive ketones (excluding diaryl/α,β-unsaturated/α-hetero) is 3. The quantitative estimate of drug-likeness (QED) is 0.0138. The molecule has 3 fully saturated rings. The first kappa shape index (κ1) is 76.5. The molecule has 11 rings (SSSR count). The Bertz CT molecular complexity index is 4600. The molecule has 6 aromatic heterocycles. The maximum Gasteiger partial charge on any atom is 0.472 e. The number of aromatic amines is 2. The van der Waals surface area contributed by atoms with Gasteiger partial charge in [0.2, 0.25) is 17.8 Å². The molecule has 11 atom stereocenters. The van der Waals surface area contributed by atoms with Crippen LogP contribution >= 0.6 is 26.0 Å². The van der Waals surface area contributed by atoms with E-state index < -0.39 is 94.3 Å². The number of ether oxygens (including phenoxy) is 4. The van der Waals surface area contributed by atoms with Crippen LogP contribution in [0.5, 0.6) is 0 Å². The number of benzene rings is 2. The number of halogens is 1. The van der Waals surface area contributed by atoms with Crippen molar-refractivity contribution in [2.45, 2.75) is 147 Å². The SMILES string of the molecule is CCCCNc1nc(N)c2[nH]c(=O)n(Cc3ccc(C(=O)CCCCC(=O)NCCOCCOCC(=O)C[C@H](C(=O)N[C@@H](C)C(=O)Cc4ccc(CSP5(=O)OC[C@H]6O[C@@H](n7cnc8c(N)ncnc87)[C@H](F)[C@@H]6OP(=O)(O)OC[C@H]6O[C@@H](n7cnc8c(=O)[nH]cnc87)C[C@@H]6O5)cc4)C(C)C)cc3)c2n1. The van der Waals surface area contributed by atoms with Gasteiger partial charge in [0.15, 0.2) is 63.8 Å². The zero-order valence-electron chi connectivity index (χ0n) is 57.3. The van der Waals surface area contributed by atoms with Gasteiger partial charge in [-0.15, -0.1) is 0 Å². The highest BCUT2D eigenvalue weighted by Crippen LogP contribution is 2.65. The normalized spacial score (nSPS) is 22.7. The predicted octanol–water partition coefficient (Wildman–Crippen LogP) is 5.74. The number of unbranched alkanes of at least 4 members (excludes halogenated alkanes) is 2. The van der Waals surface area contributed by atoms with E-state index >= 15 is 8.96 Å². The number of rotatable bonds is 33. The Hall–Kier alpha value is -8.58. The lowest BCUT2D eigenvalue weighted by Crippen LogP contribution is -2.44. The van der Waals surface area contributed by atoms with Crippen molar-refractivity contribution in [2.24, 2.45) is 11.8 Å². The van der Waals surface area contributed by atoms with Gasteiger partial charge in [-0.05, 0) is 60.2 Å². The first-order valence-corrected chi connectivity index (χ1v) is 38.5. The van der Waals surface area contributed by atoms with Crippen LogP contribution < -0.4 is 38.7 Å². The number of hydrogen-bond acceptors (Lipinski definition) is 28. The van der Waals surface area contributed by atoms with Crippen LogP contribution in [0.3, 0.4) is 0 Å². The maximum absolute atomic E-state index is 16.7. The van der Waals surface area contributed by atoms with E-state index in [4.69, 9.17) is 48.5 Å². The lowest BCUT2D eigenvalue weighted by Gasteiger charge is -2.28. The van der Waals surface area contributed by atoms with E-state index in [-0.39, 0.29) is 146 Å². The molecule has 39 heteroatoms. The van der Waals surface area contributed by atoms with Gasteiger partial charge in [-0.25, -0.2) is 43.2 Å². The number of aromatic nitrogens is 12. The minimum absolute atomic E-state index is 0.000498. The molecular formula is C65H82FN17O18P2S. The monoisotopic (exact) mass is 1500 g/mol. The van der Waals surface area contributed by atoms with Crippen LogP contribution in [0.15, 0.2) is 83.4 Å². The number of phosphoric ester groups is 1. The smallest absolute Gasteiger partial charge is 0.382 e. The second-order valence-electron chi connectivity index (χ2n) is 25.6. The van der Waals surface area contributed by atoms with Crippen molar-refractivity contribution < 1.29 is 79.4 Å². The van der Waals surface area contributed by atoms with Crippen molar-refractivity contribution in [2.75, 3.05) is 69.5 Å². The molecule has 3 saturated heterocycles. The fraction of sp³-hybridized carbons (Fsp3) is 0.508. The van der Waals surface area contributed by atoms with Gasteiger partial charge in [0.05, 0.1) is 64.6 Å². The number of hydrogen-bond donors (Lipinski definition) is 8. The number of alkyl halides is 1. The number of fused-ring (bicyclic) bond motifs is 5. The standard InChI is InChI=1S/C65H82FN17O18P2S/c1-5-6-19-70-64-79-57(68)53-60(80-64)81(65(90)78-53)27-39-15-17-41(18-16-39)44(85)9-7-8-10-49(87)69-20-21-94-22-23-95-28-42(84)25-43(36(2)3)61(88)77-37(4)45(86)24-38-11-13-40(14-12-38)31-104-103(93)97-30-48-55(51(66)63(99-48)83-35-75-52-56(67)71-32-72-58(52)83)101-102(91,92)96-29-47-46(100-103)26-50(98-47)82-34-76-54-59(82)73-33-74-62(54)89/h11-18,32-37,43,46-48,50-51,55,63H,5-10,19-31H2,1-4H3,(H,69,87)(H,77,88)(H,78,90)(H,91,92)(H2,67,71,72)(H,73,74,89)(H3,68,70,79,80)/t37-,43-,46-,47+,48+,50+,51+,55+,63+,103?/m0/s1. The van der Waals surface area contributed by atoms with Crippen LogP contribution in [0, 0.1) is 11.8 Å². The molecule has 0 saturated carbocycles. The number of nitrogens with two attached hydrogens (primary N) is 2. The highest BCUT2D eigenvalue weighted by molar-refractivity contribution is 8.54. The number of nitrogens with zero attached hydrogens (tertiary/aromatic N) is 10. The third-order valence-corrected chi connectivity index (χ3v) is 22.3. The number of nitrogen functional groups attached to an aromatic ring is 2. The van der Waals surface area contributed by atoms with Crippen molar-refractivity contribution in [1.29, 1.82) is 0 Å². The Morgan fingerprint density at radius 2 is 1.51 bits per heavy atom. The second kappa shape index (κ2) is 34.6. The summed E-state index contributed by atoms with van der Waals surface area (Å²) in [5.41, 5.74) is 14.8. The van der Waals surface area contributed by atoms with Crippen LogP contribution in [0.4, 0.5) is 22.0 Å². The molecule has 558 valence electrons. The van der Waals surface area contributed by atoms with E-state index in [9.17, 15) is 43.0 Å². The highest BCUT2D eigenvalue weighted by atomic mass is 32.7. The minimum atomic E-state index is -5.13. The van der Waals surface area contributed by atoms with Crippen molar-refractivity contribution >= 4 is 106 Å². The highest BCUT2D eigenvalue weighted by Gasteiger charge is 2.53. The fourth-order valence-electron chi connectivity index (χ4n) is 11.9. The molecule has 0 aliphatic carbocycles. The van der Waals surface area contributed by atoms with Crippen LogP contribution in [-0.4, -0.2) is 182 Å². The van der Waals surface area contributed by atoms with E-state index in [0.29, 0.717) is 53.2 Å². The maximum atomic E-state index is 16.7. The zero-order chi connectivity index (χ0) is 73.8. The van der Waals surface area contributed by atoms with E-state index in [1.807, 2.05) is 0 Å². The Morgan fingerprint density at radius 3 is 2.29 bits per heavy atom. The van der Waals surface area contributed by atoms with Crippen LogP contribution in [0.25, 0.3) is 33.5 Å². The van der Waals surface area contributed by atoms with Gasteiger partial charge in [0.1, 0.15) is 54.6 Å². The predicted molar refractivity (Wildman–Crippen MR) is 375 cm³/mol. The van der Waals surface area contributed by atoms with Gasteiger partial charge in [0, 0.05) is 62.4 Å². The van der Waals surface area contributed by atoms with Gasteiger partial charge in [-0.3, -0.25) is 60.6 Å². The third-order valence-electron chi connectivity index (χ3n) is 17.7. The molecule has 9 heterocycles. The van der Waals surface area contributed by atoms with Crippen molar-refractivity contribution in [3.63, 3.8) is 0 Å². The molecule has 104 heavy (non-hydrogen) atoms. The van der Waals surface area contributed by atoms with E-state index in [2.05, 4.69) is 67.7 Å². The summed E-state index contributed by atoms with van der Waals surface area (Å²) in [5, 5.41) is 8.70. The van der Waals surface area contributed by atoms with Crippen molar-refractivity contribution in [3.8, 4) is 0 Å². The zero-order valence-corrected chi connectivity index (χ0v) is 59.9. The molecule has 0 bridgehead atoms. The summed E-state index contributed by atoms with van der Waals surface area (Å²) in [6.07, 6.45) is -2.61. The first-order valence-electron chi connectivity index (χ1n) is 33.9. The van der Waals surface area contributed by atoms with Crippen molar-refractivity contribution in [3.05, 3.63) is 117 Å². The largest absolute Gasteiger partial charge is 0.472 e. The van der Waals surface area contributed by atoms with Gasteiger partial charge < -0.3 is 61.2 Å². The molecule has 2 amide bonds. The number of phosphoric acid groups is 1. The number of nitrogens with one attached hydrogen (secondary N) is 5. The average Bonchev–Trinajstić information content (AvgIpc) is 1.62. The number of imidazole rings is 3. The molecule has 35 nitrogen and oxygen atoms in total. The molecule has 3 aliphatic heterocycles. The third kappa shape index (κ3) is 19.1. The van der Waals surface area contributed by atoms with Crippen LogP contribution in [0.1, 0.15) is 119 Å². The molecule has 2 aromatic carbocycles. The lowest BCUT2D eigenvalue weighted by molar-refractivity contribution is -0.134. The summed E-state index contributed by atoms with van der Waals surface area (Å²) >= 11 is 0.766. The summed E-state index contributed by atoms with van der Waals surface area (Å²) in [7, 11) is -5.13. The number of amides is 2. The number of carbonyl (C=O) groups is 5. The summed E-state index contributed by atoms with van der Waals surface area (Å²) in [6, 6.07) is 12.8. The first-order chi connectivity index (χ1) is 49.9. The van der Waals surface area contributed by atoms with Gasteiger partial charge in [-0.1, -0.05) is 75.7 Å². The lowest BCUT2D eigenvalue weighted by atomic mass is 9.89. The summed E-state index contributed by atoms with van der Waals surface area (Å²) in [5.74, 6) is -1.92. The second-order valence-corrected chi connectivity index (χ2v) is 31.0. The fourth-order valence-corrected chi connectivity index (χ4v) is 16.3. The van der Waals surface area contributed by atoms with Crippen LogP contribution in [0.2, 0.25) is 0 Å². The average molecular weight is 1500 g/mol. The van der Waals surface area contributed by atoms with Crippen molar-refractivity contribution in [1.82, 2.24) is 69.2 Å². The topological polar surface area (TPSA) is 472 Å².